The smallest absolute Gasteiger partial charge is 0.0655 e. The first-order valence-corrected chi connectivity index (χ1v) is 7.32. The summed E-state index contributed by atoms with van der Waals surface area (Å²) in [6, 6.07) is 8.96. The fraction of sp³-hybridized carbons (Fsp3) is 0.750. The Balaban J connectivity index is 0.000000200. The molecule has 0 amide bonds. The second kappa shape index (κ2) is 8.96. The van der Waals surface area contributed by atoms with Crippen LogP contribution in [0.3, 0.4) is 0 Å². The van der Waals surface area contributed by atoms with Crippen molar-refractivity contribution in [3.8, 4) is 24.3 Å². The zero-order valence-electron chi connectivity index (χ0n) is 11.8. The molecule has 0 unspecified atom stereocenters. The van der Waals surface area contributed by atoms with Crippen molar-refractivity contribution in [2.24, 2.45) is 23.7 Å². The third-order valence-electron chi connectivity index (χ3n) is 4.18. The minimum atomic E-state index is 0.226. The van der Waals surface area contributed by atoms with Crippen LogP contribution in [0.1, 0.15) is 51.4 Å². The van der Waals surface area contributed by atoms with Crippen molar-refractivity contribution in [1.29, 1.82) is 21.0 Å². The Labute approximate surface area is 121 Å². The Kier molecular flexibility index (Phi) is 7.17. The highest BCUT2D eigenvalue weighted by Gasteiger charge is 2.20. The fourth-order valence-corrected chi connectivity index (χ4v) is 2.70. The van der Waals surface area contributed by atoms with E-state index in [0.29, 0.717) is 0 Å². The summed E-state index contributed by atoms with van der Waals surface area (Å²) < 4.78 is 0. The van der Waals surface area contributed by atoms with Crippen LogP contribution in [0.15, 0.2) is 0 Å². The lowest BCUT2D eigenvalue weighted by atomic mass is 9.84. The minimum absolute atomic E-state index is 0.226. The summed E-state index contributed by atoms with van der Waals surface area (Å²) in [5, 5.41) is 34.1. The number of nitrogens with zero attached hydrogens (tertiary/aromatic N) is 4. The number of nitriles is 4. The predicted octanol–water partition coefficient (Wildman–Crippen LogP) is 3.68. The number of rotatable bonds is 0. The van der Waals surface area contributed by atoms with Crippen molar-refractivity contribution in [3.05, 3.63) is 0 Å². The molecule has 0 saturated heterocycles. The Hall–Kier alpha value is -2.04. The summed E-state index contributed by atoms with van der Waals surface area (Å²) in [4.78, 5) is 0. The van der Waals surface area contributed by atoms with E-state index in [9.17, 15) is 0 Å². The van der Waals surface area contributed by atoms with E-state index in [1.165, 1.54) is 0 Å². The second-order valence-electron chi connectivity index (χ2n) is 5.61. The van der Waals surface area contributed by atoms with Gasteiger partial charge in [0.25, 0.3) is 0 Å². The van der Waals surface area contributed by atoms with Gasteiger partial charge in [-0.2, -0.15) is 21.0 Å². The molecule has 0 heterocycles. The van der Waals surface area contributed by atoms with Gasteiger partial charge in [0.15, 0.2) is 0 Å². The van der Waals surface area contributed by atoms with Crippen molar-refractivity contribution in [2.45, 2.75) is 51.4 Å². The van der Waals surface area contributed by atoms with Crippen LogP contribution >= 0.6 is 0 Å². The molecule has 4 nitrogen and oxygen atoms in total. The Bertz CT molecular complexity index is 353. The van der Waals surface area contributed by atoms with Gasteiger partial charge in [-0.1, -0.05) is 0 Å². The average molecular weight is 268 g/mol. The SMILES string of the molecule is N#CC1CCC(C#N)CC1.N#CC1CCC(C#N)CC1. The molecule has 0 aromatic carbocycles. The van der Waals surface area contributed by atoms with Crippen molar-refractivity contribution >= 4 is 0 Å². The molecule has 0 spiro atoms. The van der Waals surface area contributed by atoms with Crippen LogP contribution in [0.2, 0.25) is 0 Å². The van der Waals surface area contributed by atoms with Crippen LogP contribution in [0.5, 0.6) is 0 Å². The van der Waals surface area contributed by atoms with Gasteiger partial charge < -0.3 is 0 Å². The first-order chi connectivity index (χ1) is 9.73. The summed E-state index contributed by atoms with van der Waals surface area (Å²) in [6.45, 7) is 0. The summed E-state index contributed by atoms with van der Waals surface area (Å²) in [7, 11) is 0. The molecule has 0 radical (unpaired) electrons. The van der Waals surface area contributed by atoms with Gasteiger partial charge in [-0.3, -0.25) is 0 Å². The molecule has 2 rings (SSSR count). The van der Waals surface area contributed by atoms with Crippen molar-refractivity contribution in [2.75, 3.05) is 0 Å². The summed E-state index contributed by atoms with van der Waals surface area (Å²) >= 11 is 0. The van der Waals surface area contributed by atoms with E-state index >= 15 is 0 Å². The molecule has 2 saturated carbocycles. The molecule has 104 valence electrons. The molecule has 0 bridgehead atoms. The fourth-order valence-electron chi connectivity index (χ4n) is 2.70. The third-order valence-corrected chi connectivity index (χ3v) is 4.18. The Morgan fingerprint density at radius 3 is 0.650 bits per heavy atom. The van der Waals surface area contributed by atoms with E-state index < -0.39 is 0 Å². The zero-order valence-corrected chi connectivity index (χ0v) is 11.8. The molecule has 20 heavy (non-hydrogen) atoms. The minimum Gasteiger partial charge on any atom is -0.198 e. The van der Waals surface area contributed by atoms with Crippen molar-refractivity contribution in [3.63, 3.8) is 0 Å². The highest BCUT2D eigenvalue weighted by Crippen LogP contribution is 2.28. The molecule has 0 aromatic rings. The number of hydrogen-bond donors (Lipinski definition) is 0. The second-order valence-corrected chi connectivity index (χ2v) is 5.61. The normalized spacial score (nSPS) is 32.2. The molecule has 0 N–H and O–H groups in total. The maximum absolute atomic E-state index is 8.52. The summed E-state index contributed by atoms with van der Waals surface area (Å²) in [5.41, 5.74) is 0. The van der Waals surface area contributed by atoms with Crippen LogP contribution in [0.25, 0.3) is 0 Å². The van der Waals surface area contributed by atoms with Crippen molar-refractivity contribution < 1.29 is 0 Å². The van der Waals surface area contributed by atoms with Gasteiger partial charge >= 0.3 is 0 Å². The molecule has 2 aliphatic carbocycles. The van der Waals surface area contributed by atoms with Crippen LogP contribution < -0.4 is 0 Å². The standard InChI is InChI=1S/2C8H10N2/c2*9-5-7-1-2-8(6-10)4-3-7/h2*7-8H,1-4H2. The van der Waals surface area contributed by atoms with Gasteiger partial charge in [0.2, 0.25) is 0 Å². The maximum Gasteiger partial charge on any atom is 0.0655 e. The van der Waals surface area contributed by atoms with Crippen LogP contribution in [0.4, 0.5) is 0 Å². The van der Waals surface area contributed by atoms with Gasteiger partial charge in [-0.15, -0.1) is 0 Å². The highest BCUT2D eigenvalue weighted by atomic mass is 14.3. The van der Waals surface area contributed by atoms with Crippen LogP contribution in [-0.2, 0) is 0 Å². The van der Waals surface area contributed by atoms with E-state index in [0.717, 1.165) is 51.4 Å². The van der Waals surface area contributed by atoms with Crippen LogP contribution in [0, 0.1) is 69.0 Å². The van der Waals surface area contributed by atoms with Gasteiger partial charge in [0, 0.05) is 23.7 Å². The van der Waals surface area contributed by atoms with Gasteiger partial charge in [-0.25, -0.2) is 0 Å². The highest BCUT2D eigenvalue weighted by molar-refractivity contribution is 4.93. The molecular formula is C16H20N4. The van der Waals surface area contributed by atoms with E-state index in [-0.39, 0.29) is 23.7 Å². The van der Waals surface area contributed by atoms with E-state index in [1.54, 1.807) is 0 Å². The average Bonchev–Trinajstić information content (AvgIpc) is 2.55. The monoisotopic (exact) mass is 268 g/mol. The van der Waals surface area contributed by atoms with Gasteiger partial charge in [0.05, 0.1) is 24.3 Å². The van der Waals surface area contributed by atoms with Crippen LogP contribution in [-0.4, -0.2) is 0 Å². The lowest BCUT2D eigenvalue weighted by Crippen LogP contribution is -2.11. The van der Waals surface area contributed by atoms with Gasteiger partial charge in [0.1, 0.15) is 0 Å². The quantitative estimate of drug-likeness (QED) is 0.669. The lowest BCUT2D eigenvalue weighted by molar-refractivity contribution is 0.368. The first-order valence-electron chi connectivity index (χ1n) is 7.32. The summed E-state index contributed by atoms with van der Waals surface area (Å²) in [5.74, 6) is 0.906. The molecule has 2 fully saturated rings. The number of hydrogen-bond acceptors (Lipinski definition) is 4. The predicted molar refractivity (Wildman–Crippen MR) is 73.3 cm³/mol. The third kappa shape index (κ3) is 5.30. The first kappa shape index (κ1) is 16.0. The molecule has 4 heteroatoms. The largest absolute Gasteiger partial charge is 0.198 e. The maximum atomic E-state index is 8.52. The Morgan fingerprint density at radius 2 is 0.550 bits per heavy atom. The lowest BCUT2D eigenvalue weighted by Gasteiger charge is -2.18. The molecule has 0 aliphatic heterocycles. The molecule has 0 atom stereocenters. The van der Waals surface area contributed by atoms with E-state index in [2.05, 4.69) is 24.3 Å². The zero-order chi connectivity index (χ0) is 14.8. The van der Waals surface area contributed by atoms with E-state index in [4.69, 9.17) is 21.0 Å². The van der Waals surface area contributed by atoms with Crippen molar-refractivity contribution in [1.82, 2.24) is 0 Å². The molecular weight excluding hydrogens is 248 g/mol. The topological polar surface area (TPSA) is 95.2 Å². The molecule has 2 aliphatic rings. The van der Waals surface area contributed by atoms with E-state index in [1.807, 2.05) is 0 Å². The molecule has 0 aromatic heterocycles. The van der Waals surface area contributed by atoms with Gasteiger partial charge in [-0.05, 0) is 51.4 Å². The Morgan fingerprint density at radius 1 is 0.400 bits per heavy atom. The summed E-state index contributed by atoms with van der Waals surface area (Å²) in [6.07, 6.45) is 7.40.